The van der Waals surface area contributed by atoms with Crippen molar-refractivity contribution < 1.29 is 9.53 Å². The summed E-state index contributed by atoms with van der Waals surface area (Å²) < 4.78 is 5.45. The average molecular weight is 275 g/mol. The third kappa shape index (κ3) is 3.99. The van der Waals surface area contributed by atoms with Crippen molar-refractivity contribution in [2.24, 2.45) is 0 Å². The fourth-order valence-electron chi connectivity index (χ4n) is 2.65. The normalized spacial score (nSPS) is 18.4. The smallest absolute Gasteiger partial charge is 0.410 e. The monoisotopic (exact) mass is 275 g/mol. The van der Waals surface area contributed by atoms with Crippen molar-refractivity contribution in [3.63, 3.8) is 0 Å². The fraction of sp³-hybridized carbons (Fsp3) is 0.588. The van der Waals surface area contributed by atoms with Gasteiger partial charge in [0.05, 0.1) is 6.54 Å². The standard InChI is InChI=1S/C17H25NO2/c1-3-4-5-6-11-16-13-18(17(19)20-16)12-15-10-8-7-9-14(15)2/h7-10,16H,3-6,11-13H2,1-2H3. The van der Waals surface area contributed by atoms with Gasteiger partial charge in [0.25, 0.3) is 0 Å². The zero-order valence-electron chi connectivity index (χ0n) is 12.6. The Labute approximate surface area is 121 Å². The van der Waals surface area contributed by atoms with E-state index >= 15 is 0 Å². The van der Waals surface area contributed by atoms with Gasteiger partial charge in [-0.2, -0.15) is 0 Å². The number of ether oxygens (including phenoxy) is 1. The van der Waals surface area contributed by atoms with Crippen LogP contribution in [0.5, 0.6) is 0 Å². The predicted octanol–water partition coefficient (Wildman–Crippen LogP) is 4.29. The van der Waals surface area contributed by atoms with Gasteiger partial charge in [-0.15, -0.1) is 0 Å². The van der Waals surface area contributed by atoms with Crippen LogP contribution in [0.3, 0.4) is 0 Å². The largest absolute Gasteiger partial charge is 0.444 e. The van der Waals surface area contributed by atoms with Crippen LogP contribution in [0.15, 0.2) is 24.3 Å². The molecule has 110 valence electrons. The molecule has 1 aliphatic rings. The Morgan fingerprint density at radius 2 is 2.05 bits per heavy atom. The van der Waals surface area contributed by atoms with Crippen molar-refractivity contribution in [2.45, 2.75) is 58.6 Å². The summed E-state index contributed by atoms with van der Waals surface area (Å²) in [6.07, 6.45) is 5.83. The molecular weight excluding hydrogens is 250 g/mol. The summed E-state index contributed by atoms with van der Waals surface area (Å²) in [6.45, 7) is 5.69. The molecule has 1 saturated heterocycles. The van der Waals surface area contributed by atoms with E-state index in [1.54, 1.807) is 0 Å². The number of hydrogen-bond acceptors (Lipinski definition) is 2. The minimum Gasteiger partial charge on any atom is -0.444 e. The Hall–Kier alpha value is -1.51. The second-order valence-corrected chi connectivity index (χ2v) is 5.66. The van der Waals surface area contributed by atoms with E-state index in [-0.39, 0.29) is 12.2 Å². The van der Waals surface area contributed by atoms with Crippen LogP contribution in [0.4, 0.5) is 4.79 Å². The SMILES string of the molecule is CCCCCCC1CN(Cc2ccccc2C)C(=O)O1. The van der Waals surface area contributed by atoms with E-state index in [1.165, 1.54) is 30.4 Å². The van der Waals surface area contributed by atoms with Gasteiger partial charge in [-0.05, 0) is 30.9 Å². The lowest BCUT2D eigenvalue weighted by molar-refractivity contribution is 0.127. The van der Waals surface area contributed by atoms with Gasteiger partial charge in [0, 0.05) is 6.54 Å². The quantitative estimate of drug-likeness (QED) is 0.695. The van der Waals surface area contributed by atoms with Gasteiger partial charge >= 0.3 is 6.09 Å². The molecule has 0 spiro atoms. The number of rotatable bonds is 7. The van der Waals surface area contributed by atoms with Crippen LogP contribution in [0, 0.1) is 6.92 Å². The molecule has 0 aliphatic carbocycles. The summed E-state index contributed by atoms with van der Waals surface area (Å²) in [7, 11) is 0. The number of aryl methyl sites for hydroxylation is 1. The van der Waals surface area contributed by atoms with Gasteiger partial charge < -0.3 is 9.64 Å². The van der Waals surface area contributed by atoms with Crippen LogP contribution in [0.2, 0.25) is 0 Å². The van der Waals surface area contributed by atoms with E-state index in [0.29, 0.717) is 6.54 Å². The molecule has 3 heteroatoms. The van der Waals surface area contributed by atoms with Crippen LogP contribution in [0.25, 0.3) is 0 Å². The molecule has 0 radical (unpaired) electrons. The van der Waals surface area contributed by atoms with Gasteiger partial charge in [-0.25, -0.2) is 4.79 Å². The van der Waals surface area contributed by atoms with Crippen LogP contribution < -0.4 is 0 Å². The molecule has 1 fully saturated rings. The third-order valence-electron chi connectivity index (χ3n) is 3.95. The van der Waals surface area contributed by atoms with Gasteiger partial charge in [-0.1, -0.05) is 50.5 Å². The van der Waals surface area contributed by atoms with Crippen molar-refractivity contribution >= 4 is 6.09 Å². The Bertz CT molecular complexity index is 444. The van der Waals surface area contributed by atoms with E-state index in [0.717, 1.165) is 19.4 Å². The summed E-state index contributed by atoms with van der Waals surface area (Å²) >= 11 is 0. The minimum absolute atomic E-state index is 0.0865. The average Bonchev–Trinajstić information content (AvgIpc) is 2.78. The van der Waals surface area contributed by atoms with Crippen LogP contribution in [-0.4, -0.2) is 23.6 Å². The van der Waals surface area contributed by atoms with Gasteiger partial charge in [0.2, 0.25) is 0 Å². The van der Waals surface area contributed by atoms with Crippen molar-refractivity contribution in [3.8, 4) is 0 Å². The number of carbonyl (C=O) groups is 1. The van der Waals surface area contributed by atoms with E-state index in [9.17, 15) is 4.79 Å². The van der Waals surface area contributed by atoms with Crippen LogP contribution in [0.1, 0.15) is 50.2 Å². The lowest BCUT2D eigenvalue weighted by Gasteiger charge is -2.14. The molecule has 0 aromatic heterocycles. The first-order valence-electron chi connectivity index (χ1n) is 7.70. The highest BCUT2D eigenvalue weighted by Gasteiger charge is 2.30. The number of benzene rings is 1. The third-order valence-corrected chi connectivity index (χ3v) is 3.95. The first-order valence-corrected chi connectivity index (χ1v) is 7.70. The second-order valence-electron chi connectivity index (χ2n) is 5.66. The maximum Gasteiger partial charge on any atom is 0.410 e. The molecule has 20 heavy (non-hydrogen) atoms. The second kappa shape index (κ2) is 7.32. The lowest BCUT2D eigenvalue weighted by atomic mass is 10.1. The highest BCUT2D eigenvalue weighted by Crippen LogP contribution is 2.20. The predicted molar refractivity (Wildman–Crippen MR) is 80.6 cm³/mol. The topological polar surface area (TPSA) is 29.5 Å². The number of nitrogens with zero attached hydrogens (tertiary/aromatic N) is 1. The number of hydrogen-bond donors (Lipinski definition) is 0. The zero-order chi connectivity index (χ0) is 14.4. The summed E-state index contributed by atoms with van der Waals surface area (Å²) in [4.78, 5) is 13.7. The number of cyclic esters (lactones) is 1. The fourth-order valence-corrected chi connectivity index (χ4v) is 2.65. The molecule has 1 unspecified atom stereocenters. The van der Waals surface area contributed by atoms with E-state index in [4.69, 9.17) is 4.74 Å². The molecule has 1 amide bonds. The first-order chi connectivity index (χ1) is 9.70. The Kier molecular flexibility index (Phi) is 5.45. The van der Waals surface area contributed by atoms with Crippen LogP contribution in [-0.2, 0) is 11.3 Å². The molecular formula is C17H25NO2. The number of amides is 1. The Balaban J connectivity index is 1.82. The van der Waals surface area contributed by atoms with Gasteiger partial charge in [0.15, 0.2) is 0 Å². The lowest BCUT2D eigenvalue weighted by Crippen LogP contribution is -2.25. The highest BCUT2D eigenvalue weighted by molar-refractivity contribution is 5.70. The van der Waals surface area contributed by atoms with Crippen molar-refractivity contribution in [1.29, 1.82) is 0 Å². The molecule has 1 heterocycles. The summed E-state index contributed by atoms with van der Waals surface area (Å²) in [6, 6.07) is 8.21. The van der Waals surface area contributed by atoms with Crippen molar-refractivity contribution in [2.75, 3.05) is 6.54 Å². The van der Waals surface area contributed by atoms with E-state index < -0.39 is 0 Å². The van der Waals surface area contributed by atoms with Crippen molar-refractivity contribution in [3.05, 3.63) is 35.4 Å². The molecule has 0 N–H and O–H groups in total. The first kappa shape index (κ1) is 14.9. The Morgan fingerprint density at radius 3 is 2.80 bits per heavy atom. The Morgan fingerprint density at radius 1 is 1.25 bits per heavy atom. The summed E-state index contributed by atoms with van der Waals surface area (Å²) in [5.74, 6) is 0. The van der Waals surface area contributed by atoms with E-state index in [2.05, 4.69) is 26.0 Å². The molecule has 1 aromatic rings. The van der Waals surface area contributed by atoms with E-state index in [1.807, 2.05) is 17.0 Å². The highest BCUT2D eigenvalue weighted by atomic mass is 16.6. The molecule has 3 nitrogen and oxygen atoms in total. The van der Waals surface area contributed by atoms with Gasteiger partial charge in [-0.3, -0.25) is 0 Å². The molecule has 0 saturated carbocycles. The van der Waals surface area contributed by atoms with Crippen LogP contribution >= 0.6 is 0 Å². The molecule has 0 bridgehead atoms. The summed E-state index contributed by atoms with van der Waals surface area (Å²) in [5.41, 5.74) is 2.43. The minimum atomic E-state index is -0.159. The molecule has 1 aliphatic heterocycles. The molecule has 1 aromatic carbocycles. The zero-order valence-corrected chi connectivity index (χ0v) is 12.6. The molecule has 1 atom stereocenters. The van der Waals surface area contributed by atoms with Gasteiger partial charge in [0.1, 0.15) is 6.10 Å². The maximum absolute atomic E-state index is 11.9. The maximum atomic E-state index is 11.9. The van der Waals surface area contributed by atoms with Crippen molar-refractivity contribution in [1.82, 2.24) is 4.90 Å². The summed E-state index contributed by atoms with van der Waals surface area (Å²) in [5, 5.41) is 0. The number of unbranched alkanes of at least 4 members (excludes halogenated alkanes) is 3. The molecule has 2 rings (SSSR count). The number of carbonyl (C=O) groups excluding carboxylic acids is 1.